The van der Waals surface area contributed by atoms with E-state index in [-0.39, 0.29) is 6.10 Å². The normalized spacial score (nSPS) is 20.8. The number of nitrogens with zero attached hydrogens (tertiary/aromatic N) is 4. The molecule has 1 saturated heterocycles. The lowest BCUT2D eigenvalue weighted by molar-refractivity contribution is 0.103. The molecule has 2 aromatic heterocycles. The first-order valence-electron chi connectivity index (χ1n) is 7.30. The van der Waals surface area contributed by atoms with Crippen molar-refractivity contribution >= 4 is 16.3 Å². The molecule has 3 heterocycles. The fourth-order valence-electron chi connectivity index (χ4n) is 2.55. The van der Waals surface area contributed by atoms with Crippen molar-refractivity contribution in [2.45, 2.75) is 45.1 Å². The van der Waals surface area contributed by atoms with Gasteiger partial charge in [-0.1, -0.05) is 18.3 Å². The van der Waals surface area contributed by atoms with E-state index < -0.39 is 0 Å². The molecule has 6 nitrogen and oxygen atoms in total. The molecule has 7 heteroatoms. The molecule has 1 aliphatic rings. The molecule has 20 heavy (non-hydrogen) atoms. The molecular formula is C13H21N5OS. The summed E-state index contributed by atoms with van der Waals surface area (Å²) in [5, 5.41) is 14.2. The van der Waals surface area contributed by atoms with Gasteiger partial charge < -0.3 is 10.5 Å². The highest BCUT2D eigenvalue weighted by Gasteiger charge is 2.24. The van der Waals surface area contributed by atoms with Crippen molar-refractivity contribution in [3.05, 3.63) is 10.8 Å². The summed E-state index contributed by atoms with van der Waals surface area (Å²) in [4.78, 5) is 0.872. The Morgan fingerprint density at radius 2 is 2.35 bits per heavy atom. The highest BCUT2D eigenvalue weighted by molar-refractivity contribution is 7.16. The monoisotopic (exact) mass is 295 g/mol. The number of aryl methyl sites for hydroxylation is 1. The van der Waals surface area contributed by atoms with E-state index >= 15 is 0 Å². The van der Waals surface area contributed by atoms with E-state index in [4.69, 9.17) is 10.5 Å². The van der Waals surface area contributed by atoms with Crippen LogP contribution < -0.4 is 5.73 Å². The van der Waals surface area contributed by atoms with Crippen molar-refractivity contribution in [3.63, 3.8) is 0 Å². The molecular weight excluding hydrogens is 274 g/mol. The first kappa shape index (κ1) is 13.9. The molecule has 0 bridgehead atoms. The van der Waals surface area contributed by atoms with Gasteiger partial charge in [0.1, 0.15) is 11.1 Å². The zero-order valence-corrected chi connectivity index (χ0v) is 12.6. The van der Waals surface area contributed by atoms with Gasteiger partial charge in [-0.05, 0) is 38.1 Å². The molecule has 0 spiro atoms. The van der Waals surface area contributed by atoms with Crippen molar-refractivity contribution in [2.75, 3.05) is 13.2 Å². The maximum absolute atomic E-state index is 5.67. The van der Waals surface area contributed by atoms with Crippen LogP contribution >= 0.6 is 11.3 Å². The number of hydrogen-bond donors (Lipinski definition) is 1. The van der Waals surface area contributed by atoms with Crippen LogP contribution in [0.1, 0.15) is 49.5 Å². The average Bonchev–Trinajstić information content (AvgIpc) is 3.12. The van der Waals surface area contributed by atoms with Gasteiger partial charge in [0, 0.05) is 13.0 Å². The molecule has 2 aromatic rings. The topological polar surface area (TPSA) is 78.3 Å². The van der Waals surface area contributed by atoms with Crippen molar-refractivity contribution in [1.29, 1.82) is 0 Å². The summed E-state index contributed by atoms with van der Waals surface area (Å²) in [5.74, 6) is 1.50. The maximum atomic E-state index is 5.67. The van der Waals surface area contributed by atoms with Crippen LogP contribution in [0.15, 0.2) is 0 Å². The van der Waals surface area contributed by atoms with Gasteiger partial charge in [-0.3, -0.25) is 0 Å². The molecule has 1 fully saturated rings. The Bertz CT molecular complexity index is 560. The van der Waals surface area contributed by atoms with Crippen LogP contribution in [-0.2, 0) is 11.2 Å². The minimum atomic E-state index is 0.0658. The molecule has 0 radical (unpaired) electrons. The number of aromatic nitrogens is 4. The Hall–Kier alpha value is -1.05. The molecule has 0 aliphatic carbocycles. The highest BCUT2D eigenvalue weighted by Crippen LogP contribution is 2.28. The molecule has 0 saturated carbocycles. The highest BCUT2D eigenvalue weighted by atomic mass is 32.1. The van der Waals surface area contributed by atoms with Gasteiger partial charge in [-0.2, -0.15) is 9.61 Å². The number of rotatable bonds is 6. The number of nitrogens with two attached hydrogens (primary N) is 1. The zero-order valence-electron chi connectivity index (χ0n) is 11.8. The lowest BCUT2D eigenvalue weighted by Gasteiger charge is -2.07. The first-order chi connectivity index (χ1) is 9.78. The van der Waals surface area contributed by atoms with E-state index in [1.807, 2.05) is 4.52 Å². The largest absolute Gasteiger partial charge is 0.370 e. The quantitative estimate of drug-likeness (QED) is 0.881. The molecule has 2 N–H and O–H groups in total. The van der Waals surface area contributed by atoms with E-state index in [2.05, 4.69) is 22.2 Å². The van der Waals surface area contributed by atoms with E-state index in [1.54, 1.807) is 11.3 Å². The Labute approximate surface area is 122 Å². The van der Waals surface area contributed by atoms with Crippen LogP contribution in [0.25, 0.3) is 4.96 Å². The summed E-state index contributed by atoms with van der Waals surface area (Å²) in [6, 6.07) is 0. The van der Waals surface area contributed by atoms with E-state index in [1.165, 1.54) is 0 Å². The first-order valence-corrected chi connectivity index (χ1v) is 8.12. The minimum absolute atomic E-state index is 0.0658. The number of ether oxygens (including phenoxy) is 1. The van der Waals surface area contributed by atoms with Crippen LogP contribution in [0.4, 0.5) is 0 Å². The second kappa shape index (κ2) is 6.15. The van der Waals surface area contributed by atoms with E-state index in [9.17, 15) is 0 Å². The van der Waals surface area contributed by atoms with Crippen molar-refractivity contribution < 1.29 is 4.74 Å². The van der Waals surface area contributed by atoms with Gasteiger partial charge in [0.05, 0.1) is 0 Å². The Morgan fingerprint density at radius 1 is 1.45 bits per heavy atom. The lowest BCUT2D eigenvalue weighted by Crippen LogP contribution is -2.07. The third-order valence-corrected chi connectivity index (χ3v) is 4.74. The summed E-state index contributed by atoms with van der Waals surface area (Å²) in [6.45, 7) is 3.81. The zero-order chi connectivity index (χ0) is 13.9. The number of hydrogen-bond acceptors (Lipinski definition) is 6. The van der Waals surface area contributed by atoms with Crippen LogP contribution in [0.5, 0.6) is 0 Å². The fourth-order valence-corrected chi connectivity index (χ4v) is 3.41. The van der Waals surface area contributed by atoms with Gasteiger partial charge in [-0.25, -0.2) is 0 Å². The number of fused-ring (bicyclic) bond motifs is 1. The Morgan fingerprint density at radius 3 is 3.10 bits per heavy atom. The van der Waals surface area contributed by atoms with Gasteiger partial charge in [0.15, 0.2) is 5.82 Å². The molecule has 2 atom stereocenters. The smallest absolute Gasteiger partial charge is 0.234 e. The summed E-state index contributed by atoms with van der Waals surface area (Å²) in [7, 11) is 0. The third-order valence-electron chi connectivity index (χ3n) is 3.78. The maximum Gasteiger partial charge on any atom is 0.234 e. The van der Waals surface area contributed by atoms with Gasteiger partial charge >= 0.3 is 0 Å². The van der Waals surface area contributed by atoms with E-state index in [0.29, 0.717) is 5.92 Å². The molecule has 0 amide bonds. The molecule has 3 rings (SSSR count). The Balaban J connectivity index is 1.71. The van der Waals surface area contributed by atoms with Crippen molar-refractivity contribution in [2.24, 2.45) is 11.7 Å². The molecule has 0 aromatic carbocycles. The average molecular weight is 295 g/mol. The second-order valence-corrected chi connectivity index (χ2v) is 6.51. The van der Waals surface area contributed by atoms with Gasteiger partial charge in [0.2, 0.25) is 4.96 Å². The molecule has 1 aliphatic heterocycles. The SMILES string of the molecule is CC(CCN)CCc1nn2c(C3CCCO3)nnc2s1. The Kier molecular flexibility index (Phi) is 4.28. The summed E-state index contributed by atoms with van der Waals surface area (Å²) < 4.78 is 7.54. The van der Waals surface area contributed by atoms with Crippen LogP contribution in [-0.4, -0.2) is 33.0 Å². The van der Waals surface area contributed by atoms with Crippen LogP contribution in [0.2, 0.25) is 0 Å². The summed E-state index contributed by atoms with van der Waals surface area (Å²) in [5.41, 5.74) is 5.58. The molecule has 110 valence electrons. The second-order valence-electron chi connectivity index (χ2n) is 5.47. The minimum Gasteiger partial charge on any atom is -0.370 e. The fraction of sp³-hybridized carbons (Fsp3) is 0.769. The van der Waals surface area contributed by atoms with Crippen LogP contribution in [0.3, 0.4) is 0 Å². The van der Waals surface area contributed by atoms with Crippen molar-refractivity contribution in [1.82, 2.24) is 19.8 Å². The van der Waals surface area contributed by atoms with Gasteiger partial charge in [-0.15, -0.1) is 10.2 Å². The standard InChI is InChI=1S/C13H21N5OS/c1-9(6-7-14)4-5-11-17-18-12(10-3-2-8-19-10)15-16-13(18)20-11/h9-10H,2-8,14H2,1H3. The molecule has 2 unspecified atom stereocenters. The lowest BCUT2D eigenvalue weighted by atomic mass is 10.0. The predicted molar refractivity (Wildman–Crippen MR) is 77.7 cm³/mol. The van der Waals surface area contributed by atoms with Crippen molar-refractivity contribution in [3.8, 4) is 0 Å². The van der Waals surface area contributed by atoms with Gasteiger partial charge in [0.25, 0.3) is 0 Å². The predicted octanol–water partition coefficient (Wildman–Crippen LogP) is 1.95. The summed E-state index contributed by atoms with van der Waals surface area (Å²) >= 11 is 1.63. The van der Waals surface area contributed by atoms with E-state index in [0.717, 1.165) is 61.0 Å². The summed E-state index contributed by atoms with van der Waals surface area (Å²) in [6.07, 6.45) is 5.35. The van der Waals surface area contributed by atoms with Crippen LogP contribution in [0, 0.1) is 5.92 Å². The third kappa shape index (κ3) is 2.84.